The molecule has 104 valence electrons. The molecular formula is C13H16N6O. The topological polar surface area (TPSA) is 105 Å². The van der Waals surface area contributed by atoms with Gasteiger partial charge in [-0.2, -0.15) is 0 Å². The molecule has 1 amide bonds. The van der Waals surface area contributed by atoms with Gasteiger partial charge in [0.25, 0.3) is 0 Å². The third-order valence-corrected chi connectivity index (χ3v) is 2.65. The van der Waals surface area contributed by atoms with Crippen molar-refractivity contribution in [3.63, 3.8) is 0 Å². The molecule has 0 radical (unpaired) electrons. The number of benzene rings is 1. The first-order chi connectivity index (χ1) is 9.70. The molecule has 0 aliphatic heterocycles. The Morgan fingerprint density at radius 2 is 1.90 bits per heavy atom. The molecule has 1 heterocycles. The number of nitrogens with zero attached hydrogens (tertiary/aromatic N) is 2. The number of carbonyl (C=O) groups excluding carboxylic acids is 1. The lowest BCUT2D eigenvalue weighted by atomic mass is 10.1. The molecule has 0 fully saturated rings. The summed E-state index contributed by atoms with van der Waals surface area (Å²) in [7, 11) is 1.70. The molecule has 0 saturated heterocycles. The zero-order valence-electron chi connectivity index (χ0n) is 11.1. The van der Waals surface area contributed by atoms with E-state index < -0.39 is 0 Å². The molecule has 2 aromatic rings. The van der Waals surface area contributed by atoms with Crippen molar-refractivity contribution in [3.05, 3.63) is 42.2 Å². The number of amides is 1. The summed E-state index contributed by atoms with van der Waals surface area (Å²) >= 11 is 0. The van der Waals surface area contributed by atoms with Gasteiger partial charge in [0.05, 0.1) is 6.42 Å². The van der Waals surface area contributed by atoms with Crippen molar-refractivity contribution < 1.29 is 4.79 Å². The van der Waals surface area contributed by atoms with E-state index in [0.29, 0.717) is 17.3 Å². The highest BCUT2D eigenvalue weighted by molar-refractivity contribution is 5.81. The molecule has 0 bridgehead atoms. The summed E-state index contributed by atoms with van der Waals surface area (Å²) in [4.78, 5) is 19.7. The van der Waals surface area contributed by atoms with Crippen molar-refractivity contribution in [2.24, 2.45) is 0 Å². The van der Waals surface area contributed by atoms with Crippen molar-refractivity contribution >= 4 is 23.2 Å². The van der Waals surface area contributed by atoms with Crippen LogP contribution >= 0.6 is 0 Å². The smallest absolute Gasteiger partial charge is 0.242 e. The van der Waals surface area contributed by atoms with Crippen LogP contribution in [-0.2, 0) is 11.2 Å². The summed E-state index contributed by atoms with van der Waals surface area (Å²) in [6.07, 6.45) is 1.63. The van der Waals surface area contributed by atoms with Crippen LogP contribution < -0.4 is 21.9 Å². The number of hydrogen-bond acceptors (Lipinski definition) is 6. The zero-order valence-corrected chi connectivity index (χ0v) is 11.1. The molecule has 2 rings (SSSR count). The third-order valence-electron chi connectivity index (χ3n) is 2.65. The summed E-state index contributed by atoms with van der Waals surface area (Å²) in [5.41, 5.74) is 12.3. The summed E-state index contributed by atoms with van der Waals surface area (Å²) in [6, 6.07) is 9.45. The largest absolute Gasteiger partial charge is 0.393 e. The fourth-order valence-corrected chi connectivity index (χ4v) is 1.65. The fourth-order valence-electron chi connectivity index (χ4n) is 1.65. The highest BCUT2D eigenvalue weighted by atomic mass is 16.2. The Morgan fingerprint density at radius 1 is 1.20 bits per heavy atom. The second-order valence-corrected chi connectivity index (χ2v) is 4.07. The SMILES string of the molecule is CNc1ncnc(NNC(=O)Cc2ccccc2)c1N. The lowest BCUT2D eigenvalue weighted by Crippen LogP contribution is -2.31. The maximum atomic E-state index is 11.8. The van der Waals surface area contributed by atoms with E-state index in [0.717, 1.165) is 5.56 Å². The lowest BCUT2D eigenvalue weighted by Gasteiger charge is -2.11. The molecule has 0 spiro atoms. The van der Waals surface area contributed by atoms with Gasteiger partial charge in [-0.05, 0) is 5.56 Å². The fraction of sp³-hybridized carbons (Fsp3) is 0.154. The lowest BCUT2D eigenvalue weighted by molar-refractivity contribution is -0.119. The van der Waals surface area contributed by atoms with Gasteiger partial charge in [-0.25, -0.2) is 9.97 Å². The molecule has 20 heavy (non-hydrogen) atoms. The highest BCUT2D eigenvalue weighted by Gasteiger charge is 2.08. The van der Waals surface area contributed by atoms with Crippen molar-refractivity contribution in [2.75, 3.05) is 23.5 Å². The van der Waals surface area contributed by atoms with Crippen LogP contribution in [0, 0.1) is 0 Å². The monoisotopic (exact) mass is 272 g/mol. The second-order valence-electron chi connectivity index (χ2n) is 4.07. The third kappa shape index (κ3) is 3.35. The highest BCUT2D eigenvalue weighted by Crippen LogP contribution is 2.20. The molecule has 1 aromatic carbocycles. The predicted molar refractivity (Wildman–Crippen MR) is 77.9 cm³/mol. The Balaban J connectivity index is 1.94. The van der Waals surface area contributed by atoms with Gasteiger partial charge in [-0.3, -0.25) is 15.6 Å². The van der Waals surface area contributed by atoms with Gasteiger partial charge in [0, 0.05) is 7.05 Å². The number of hydrazine groups is 1. The minimum absolute atomic E-state index is 0.180. The average molecular weight is 272 g/mol. The van der Waals surface area contributed by atoms with Crippen LogP contribution in [0.2, 0.25) is 0 Å². The van der Waals surface area contributed by atoms with E-state index in [4.69, 9.17) is 5.73 Å². The predicted octanol–water partition coefficient (Wildman–Crippen LogP) is 0.786. The first-order valence-corrected chi connectivity index (χ1v) is 6.07. The minimum atomic E-state index is -0.180. The van der Waals surface area contributed by atoms with Crippen LogP contribution in [0.3, 0.4) is 0 Å². The van der Waals surface area contributed by atoms with E-state index >= 15 is 0 Å². The van der Waals surface area contributed by atoms with Crippen molar-refractivity contribution in [1.82, 2.24) is 15.4 Å². The van der Waals surface area contributed by atoms with Gasteiger partial charge in [0.15, 0.2) is 11.6 Å². The molecule has 0 aliphatic rings. The van der Waals surface area contributed by atoms with Gasteiger partial charge < -0.3 is 11.1 Å². The Bertz CT molecular complexity index is 587. The van der Waals surface area contributed by atoms with Crippen molar-refractivity contribution in [3.8, 4) is 0 Å². The van der Waals surface area contributed by atoms with Crippen molar-refractivity contribution in [1.29, 1.82) is 0 Å². The van der Waals surface area contributed by atoms with E-state index in [1.165, 1.54) is 6.33 Å². The summed E-state index contributed by atoms with van der Waals surface area (Å²) in [6.45, 7) is 0. The number of anilines is 3. The second kappa shape index (κ2) is 6.37. The van der Waals surface area contributed by atoms with Crippen LogP contribution in [0.4, 0.5) is 17.3 Å². The van der Waals surface area contributed by atoms with Gasteiger partial charge in [-0.15, -0.1) is 0 Å². The first kappa shape index (κ1) is 13.6. The first-order valence-electron chi connectivity index (χ1n) is 6.07. The number of aromatic nitrogens is 2. The van der Waals surface area contributed by atoms with Gasteiger partial charge in [0.2, 0.25) is 5.91 Å². The minimum Gasteiger partial charge on any atom is -0.393 e. The maximum absolute atomic E-state index is 11.8. The van der Waals surface area contributed by atoms with Gasteiger partial charge in [0.1, 0.15) is 12.0 Å². The van der Waals surface area contributed by atoms with Crippen LogP contribution in [-0.4, -0.2) is 22.9 Å². The normalized spacial score (nSPS) is 9.85. The van der Waals surface area contributed by atoms with E-state index in [1.807, 2.05) is 30.3 Å². The summed E-state index contributed by atoms with van der Waals surface area (Å²) in [5, 5.41) is 2.83. The van der Waals surface area contributed by atoms with Crippen molar-refractivity contribution in [2.45, 2.75) is 6.42 Å². The summed E-state index contributed by atoms with van der Waals surface area (Å²) < 4.78 is 0. The number of nitrogens with one attached hydrogen (secondary N) is 3. The average Bonchev–Trinajstić information content (AvgIpc) is 2.47. The molecule has 7 nitrogen and oxygen atoms in total. The van der Waals surface area contributed by atoms with Gasteiger partial charge in [-0.1, -0.05) is 30.3 Å². The molecule has 0 aliphatic carbocycles. The van der Waals surface area contributed by atoms with Crippen LogP contribution in [0.1, 0.15) is 5.56 Å². The van der Waals surface area contributed by atoms with Crippen LogP contribution in [0.25, 0.3) is 0 Å². The Hall–Kier alpha value is -2.83. The van der Waals surface area contributed by atoms with Crippen LogP contribution in [0.5, 0.6) is 0 Å². The van der Waals surface area contributed by atoms with E-state index in [9.17, 15) is 4.79 Å². The van der Waals surface area contributed by atoms with E-state index in [2.05, 4.69) is 26.1 Å². The standard InChI is InChI=1S/C13H16N6O/c1-15-12-11(14)13(17-8-16-12)19-18-10(20)7-9-5-3-2-4-6-9/h2-6,8H,7,14H2,1H3,(H,18,20)(H2,15,16,17,19). The quantitative estimate of drug-likeness (QED) is 0.600. The number of rotatable bonds is 5. The molecular weight excluding hydrogens is 256 g/mol. The Morgan fingerprint density at radius 3 is 2.60 bits per heavy atom. The molecule has 1 aromatic heterocycles. The maximum Gasteiger partial charge on any atom is 0.242 e. The number of nitrogens with two attached hydrogens (primary N) is 1. The summed E-state index contributed by atoms with van der Waals surface area (Å²) in [5.74, 6) is 0.672. The Kier molecular flexibility index (Phi) is 4.33. The molecule has 0 saturated carbocycles. The van der Waals surface area contributed by atoms with Crippen LogP contribution in [0.15, 0.2) is 36.7 Å². The number of hydrogen-bond donors (Lipinski definition) is 4. The van der Waals surface area contributed by atoms with E-state index in [1.54, 1.807) is 7.05 Å². The number of carbonyl (C=O) groups is 1. The molecule has 0 atom stereocenters. The molecule has 5 N–H and O–H groups in total. The Labute approximate surface area is 116 Å². The zero-order chi connectivity index (χ0) is 14.4. The molecule has 7 heteroatoms. The van der Waals surface area contributed by atoms with Gasteiger partial charge >= 0.3 is 0 Å². The van der Waals surface area contributed by atoms with E-state index in [-0.39, 0.29) is 12.3 Å². The number of nitrogen functional groups attached to an aromatic ring is 1. The molecule has 0 unspecified atom stereocenters.